The molecule has 0 N–H and O–H groups in total. The predicted octanol–water partition coefficient (Wildman–Crippen LogP) is 4.83. The predicted molar refractivity (Wildman–Crippen MR) is 85.2 cm³/mol. The summed E-state index contributed by atoms with van der Waals surface area (Å²) in [5.41, 5.74) is 2.80. The third-order valence-electron chi connectivity index (χ3n) is 3.11. The highest BCUT2D eigenvalue weighted by molar-refractivity contribution is 9.10. The average molecular weight is 374 g/mol. The largest absolute Gasteiger partial charge is 0.323 e. The van der Waals surface area contributed by atoms with Crippen LogP contribution in [0.1, 0.15) is 11.4 Å². The second-order valence-corrected chi connectivity index (χ2v) is 6.45. The number of aromatic nitrogens is 2. The van der Waals surface area contributed by atoms with E-state index in [4.69, 9.17) is 11.6 Å². The average Bonchev–Trinajstić information content (AvgIpc) is 3.02. The van der Waals surface area contributed by atoms with Crippen LogP contribution in [0.25, 0.3) is 11.0 Å². The lowest BCUT2D eigenvalue weighted by Crippen LogP contribution is -2.05. The molecule has 0 amide bonds. The third-order valence-corrected chi connectivity index (χ3v) is 4.64. The van der Waals surface area contributed by atoms with Gasteiger partial charge in [0.1, 0.15) is 11.6 Å². The number of aryl methyl sites for hydroxylation is 1. The molecule has 2 heterocycles. The SMILES string of the molecule is Fc1cc2nc(CCCl)n(Cc3ccsc3)c2cc1Br. The second-order valence-electron chi connectivity index (χ2n) is 4.44. The van der Waals surface area contributed by atoms with Gasteiger partial charge in [0, 0.05) is 18.4 Å². The molecule has 0 bridgehead atoms. The number of halogens is 3. The number of fused-ring (bicyclic) bond motifs is 1. The number of hydrogen-bond donors (Lipinski definition) is 0. The van der Waals surface area contributed by atoms with Crippen LogP contribution in [0.4, 0.5) is 4.39 Å². The van der Waals surface area contributed by atoms with Gasteiger partial charge in [-0.3, -0.25) is 0 Å². The smallest absolute Gasteiger partial charge is 0.139 e. The quantitative estimate of drug-likeness (QED) is 0.599. The summed E-state index contributed by atoms with van der Waals surface area (Å²) in [6.45, 7) is 0.726. The minimum Gasteiger partial charge on any atom is -0.323 e. The molecule has 20 heavy (non-hydrogen) atoms. The Kier molecular flexibility index (Phi) is 4.10. The first-order valence-electron chi connectivity index (χ1n) is 6.10. The molecule has 0 aliphatic heterocycles. The van der Waals surface area contributed by atoms with Gasteiger partial charge in [0.2, 0.25) is 0 Å². The number of alkyl halides is 1. The first-order chi connectivity index (χ1) is 9.69. The minimum atomic E-state index is -0.296. The molecular weight excluding hydrogens is 363 g/mol. The van der Waals surface area contributed by atoms with Gasteiger partial charge in [-0.25, -0.2) is 9.37 Å². The van der Waals surface area contributed by atoms with Crippen molar-refractivity contribution in [3.63, 3.8) is 0 Å². The Balaban J connectivity index is 2.15. The Bertz CT molecular complexity index is 739. The molecule has 0 atom stereocenters. The van der Waals surface area contributed by atoms with Crippen LogP contribution in [0.2, 0.25) is 0 Å². The number of imidazole rings is 1. The molecule has 0 radical (unpaired) electrons. The Hall–Kier alpha value is -0.910. The Morgan fingerprint density at radius 3 is 2.95 bits per heavy atom. The number of hydrogen-bond acceptors (Lipinski definition) is 2. The van der Waals surface area contributed by atoms with Crippen LogP contribution < -0.4 is 0 Å². The molecule has 0 aliphatic carbocycles. The number of nitrogens with zero attached hydrogens (tertiary/aromatic N) is 2. The molecule has 0 aliphatic rings. The van der Waals surface area contributed by atoms with E-state index < -0.39 is 0 Å². The molecule has 0 fully saturated rings. The zero-order valence-electron chi connectivity index (χ0n) is 10.4. The highest BCUT2D eigenvalue weighted by atomic mass is 79.9. The molecule has 0 unspecified atom stereocenters. The summed E-state index contributed by atoms with van der Waals surface area (Å²) in [6, 6.07) is 5.32. The van der Waals surface area contributed by atoms with Crippen molar-refractivity contribution in [2.75, 3.05) is 5.88 Å². The molecule has 104 valence electrons. The fraction of sp³-hybridized carbons (Fsp3) is 0.214. The summed E-state index contributed by atoms with van der Waals surface area (Å²) in [5.74, 6) is 1.09. The van der Waals surface area contributed by atoms with Crippen LogP contribution >= 0.6 is 38.9 Å². The summed E-state index contributed by atoms with van der Waals surface area (Å²) in [4.78, 5) is 4.51. The fourth-order valence-electron chi connectivity index (χ4n) is 2.19. The van der Waals surface area contributed by atoms with Crippen molar-refractivity contribution in [2.45, 2.75) is 13.0 Å². The van der Waals surface area contributed by atoms with E-state index in [0.717, 1.165) is 17.9 Å². The first-order valence-corrected chi connectivity index (χ1v) is 8.37. The van der Waals surface area contributed by atoms with E-state index in [0.29, 0.717) is 22.3 Å². The van der Waals surface area contributed by atoms with Crippen molar-refractivity contribution < 1.29 is 4.39 Å². The summed E-state index contributed by atoms with van der Waals surface area (Å²) in [5, 5.41) is 4.15. The standard InChI is InChI=1S/C14H11BrClFN2S/c15-10-5-13-12(6-11(10)17)18-14(1-3-16)19(13)7-9-2-4-20-8-9/h2,4-6,8H,1,3,7H2. The number of benzene rings is 1. The summed E-state index contributed by atoms with van der Waals surface area (Å²) in [7, 11) is 0. The van der Waals surface area contributed by atoms with Gasteiger partial charge >= 0.3 is 0 Å². The Labute approximate surface area is 133 Å². The van der Waals surface area contributed by atoms with E-state index in [-0.39, 0.29) is 5.82 Å². The molecule has 0 spiro atoms. The van der Waals surface area contributed by atoms with Crippen molar-refractivity contribution in [1.29, 1.82) is 0 Å². The Morgan fingerprint density at radius 2 is 2.25 bits per heavy atom. The van der Waals surface area contributed by atoms with Crippen molar-refractivity contribution in [3.8, 4) is 0 Å². The molecule has 6 heteroatoms. The minimum absolute atomic E-state index is 0.296. The van der Waals surface area contributed by atoms with Gasteiger partial charge in [0.05, 0.1) is 22.1 Å². The van der Waals surface area contributed by atoms with Crippen molar-refractivity contribution >= 4 is 49.9 Å². The van der Waals surface area contributed by atoms with Gasteiger partial charge in [0.15, 0.2) is 0 Å². The van der Waals surface area contributed by atoms with E-state index in [1.165, 1.54) is 11.6 Å². The van der Waals surface area contributed by atoms with E-state index >= 15 is 0 Å². The van der Waals surface area contributed by atoms with Gasteiger partial charge in [0.25, 0.3) is 0 Å². The van der Waals surface area contributed by atoms with Gasteiger partial charge in [-0.05, 0) is 44.4 Å². The summed E-state index contributed by atoms with van der Waals surface area (Å²) in [6.07, 6.45) is 0.666. The van der Waals surface area contributed by atoms with Crippen LogP contribution in [-0.4, -0.2) is 15.4 Å². The van der Waals surface area contributed by atoms with Gasteiger partial charge < -0.3 is 4.57 Å². The van der Waals surface area contributed by atoms with Crippen LogP contribution in [0, 0.1) is 5.82 Å². The highest BCUT2D eigenvalue weighted by Gasteiger charge is 2.13. The monoisotopic (exact) mass is 372 g/mol. The molecule has 3 aromatic rings. The maximum atomic E-state index is 13.6. The van der Waals surface area contributed by atoms with Gasteiger partial charge in [-0.15, -0.1) is 11.6 Å². The third kappa shape index (κ3) is 2.62. The lowest BCUT2D eigenvalue weighted by atomic mass is 10.3. The maximum absolute atomic E-state index is 13.6. The molecule has 1 aromatic carbocycles. The van der Waals surface area contributed by atoms with Crippen molar-refractivity contribution in [3.05, 3.63) is 50.6 Å². The molecule has 3 rings (SSSR count). The summed E-state index contributed by atoms with van der Waals surface area (Å²) < 4.78 is 16.2. The molecular formula is C14H11BrClFN2S. The van der Waals surface area contributed by atoms with E-state index in [1.54, 1.807) is 17.4 Å². The Morgan fingerprint density at radius 1 is 1.40 bits per heavy atom. The van der Waals surface area contributed by atoms with Crippen LogP contribution in [0.15, 0.2) is 33.4 Å². The molecule has 0 saturated heterocycles. The normalized spacial score (nSPS) is 11.3. The summed E-state index contributed by atoms with van der Waals surface area (Å²) >= 11 is 10.7. The van der Waals surface area contributed by atoms with Crippen LogP contribution in [-0.2, 0) is 13.0 Å². The fourth-order valence-corrected chi connectivity index (χ4v) is 3.35. The zero-order valence-corrected chi connectivity index (χ0v) is 13.6. The van der Waals surface area contributed by atoms with Crippen molar-refractivity contribution in [1.82, 2.24) is 9.55 Å². The van der Waals surface area contributed by atoms with E-state index in [1.807, 2.05) is 5.38 Å². The highest BCUT2D eigenvalue weighted by Crippen LogP contribution is 2.25. The lowest BCUT2D eigenvalue weighted by Gasteiger charge is -2.07. The molecule has 0 saturated carbocycles. The van der Waals surface area contributed by atoms with Gasteiger partial charge in [-0.1, -0.05) is 0 Å². The van der Waals surface area contributed by atoms with Crippen molar-refractivity contribution in [2.24, 2.45) is 0 Å². The van der Waals surface area contributed by atoms with Crippen LogP contribution in [0.3, 0.4) is 0 Å². The number of thiophene rings is 1. The first kappa shape index (κ1) is 14.0. The molecule has 2 aromatic heterocycles. The lowest BCUT2D eigenvalue weighted by molar-refractivity contribution is 0.622. The van der Waals surface area contributed by atoms with Crippen LogP contribution in [0.5, 0.6) is 0 Å². The zero-order chi connectivity index (χ0) is 14.1. The molecule has 2 nitrogen and oxygen atoms in total. The maximum Gasteiger partial charge on any atom is 0.139 e. The van der Waals surface area contributed by atoms with E-state index in [9.17, 15) is 4.39 Å². The topological polar surface area (TPSA) is 17.8 Å². The van der Waals surface area contributed by atoms with Gasteiger partial charge in [-0.2, -0.15) is 11.3 Å². The van der Waals surface area contributed by atoms with E-state index in [2.05, 4.69) is 36.9 Å². The number of rotatable bonds is 4. The second kappa shape index (κ2) is 5.84.